The Labute approximate surface area is 156 Å². The Kier molecular flexibility index (Phi) is 6.70. The quantitative estimate of drug-likeness (QED) is 0.438. The molecule has 0 aliphatic heterocycles. The van der Waals surface area contributed by atoms with Gasteiger partial charge in [0.05, 0.1) is 18.9 Å². The van der Waals surface area contributed by atoms with Gasteiger partial charge in [0.15, 0.2) is 0 Å². The number of rotatable bonds is 5. The maximum absolute atomic E-state index is 12.1. The number of nitrogens with zero attached hydrogens (tertiary/aromatic N) is 1. The highest BCUT2D eigenvalue weighted by molar-refractivity contribution is 7.99. The van der Waals surface area contributed by atoms with E-state index in [0.29, 0.717) is 5.56 Å². The van der Waals surface area contributed by atoms with Gasteiger partial charge in [-0.2, -0.15) is 0 Å². The van der Waals surface area contributed by atoms with E-state index in [4.69, 9.17) is 4.74 Å². The Morgan fingerprint density at radius 1 is 1.12 bits per heavy atom. The molecule has 0 bridgehead atoms. The molecule has 6 heteroatoms. The zero-order valence-corrected chi connectivity index (χ0v) is 16.3. The van der Waals surface area contributed by atoms with E-state index in [0.717, 1.165) is 15.4 Å². The summed E-state index contributed by atoms with van der Waals surface area (Å²) in [6.45, 7) is 5.65. The Morgan fingerprint density at radius 3 is 2.36 bits per heavy atom. The smallest absolute Gasteiger partial charge is 0.339 e. The third-order valence-corrected chi connectivity index (χ3v) is 5.75. The average molecular weight is 376 g/mol. The van der Waals surface area contributed by atoms with Crippen molar-refractivity contribution in [3.05, 3.63) is 59.7 Å². The highest BCUT2D eigenvalue weighted by atomic mass is 32.2. The summed E-state index contributed by atoms with van der Waals surface area (Å²) in [6.07, 6.45) is 1.63. The first kappa shape index (κ1) is 19.6. The van der Waals surface area contributed by atoms with Gasteiger partial charge < -0.3 is 9.29 Å². The van der Waals surface area contributed by atoms with Crippen LogP contribution in [0, 0.1) is 0 Å². The van der Waals surface area contributed by atoms with Crippen LogP contribution < -0.4 is 0 Å². The minimum Gasteiger partial charge on any atom is -0.591 e. The molecule has 0 saturated carbocycles. The molecule has 0 heterocycles. The fourth-order valence-electron chi connectivity index (χ4n) is 1.90. The van der Waals surface area contributed by atoms with E-state index in [2.05, 4.69) is 4.40 Å². The molecule has 1 unspecified atom stereocenters. The van der Waals surface area contributed by atoms with Crippen LogP contribution in [0.4, 0.5) is 0 Å². The van der Waals surface area contributed by atoms with Gasteiger partial charge >= 0.3 is 5.97 Å². The van der Waals surface area contributed by atoms with Crippen LogP contribution in [-0.4, -0.2) is 28.6 Å². The highest BCUT2D eigenvalue weighted by Crippen LogP contribution is 2.32. The van der Waals surface area contributed by atoms with E-state index >= 15 is 0 Å². The second-order valence-electron chi connectivity index (χ2n) is 6.22. The standard InChI is InChI=1S/C19H21NO3S2/c1-19(2,3)25(22)20-13-14-9-5-7-11-16(14)24-17-12-8-6-10-15(17)18(21)23-4/h5-13H,1-4H3. The lowest BCUT2D eigenvalue weighted by atomic mass is 10.2. The molecule has 0 spiro atoms. The van der Waals surface area contributed by atoms with Crippen LogP contribution in [-0.2, 0) is 16.1 Å². The van der Waals surface area contributed by atoms with Gasteiger partial charge in [0.2, 0.25) is 0 Å². The van der Waals surface area contributed by atoms with Crippen molar-refractivity contribution in [1.82, 2.24) is 0 Å². The van der Waals surface area contributed by atoms with Crippen LogP contribution in [0.15, 0.2) is 62.7 Å². The molecule has 0 aliphatic rings. The van der Waals surface area contributed by atoms with Crippen LogP contribution in [0.3, 0.4) is 0 Å². The van der Waals surface area contributed by atoms with Crippen molar-refractivity contribution in [2.45, 2.75) is 35.3 Å². The van der Waals surface area contributed by atoms with Crippen molar-refractivity contribution >= 4 is 35.3 Å². The number of esters is 1. The van der Waals surface area contributed by atoms with Gasteiger partial charge in [0.1, 0.15) is 16.1 Å². The number of ether oxygens (including phenoxy) is 1. The summed E-state index contributed by atoms with van der Waals surface area (Å²) >= 11 is 0.133. The summed E-state index contributed by atoms with van der Waals surface area (Å²) in [5, 5.41) is 0. The Bertz CT molecular complexity index is 769. The second-order valence-corrected chi connectivity index (χ2v) is 9.24. The summed E-state index contributed by atoms with van der Waals surface area (Å²) in [4.78, 5) is 13.7. The first-order valence-corrected chi connectivity index (χ1v) is 9.65. The first-order chi connectivity index (χ1) is 11.8. The molecule has 2 rings (SSSR count). The van der Waals surface area contributed by atoms with Gasteiger partial charge in [0, 0.05) is 15.4 Å². The highest BCUT2D eigenvalue weighted by Gasteiger charge is 2.26. The third kappa shape index (κ3) is 5.36. The molecule has 0 radical (unpaired) electrons. The van der Waals surface area contributed by atoms with E-state index in [-0.39, 0.29) is 5.97 Å². The lowest BCUT2D eigenvalue weighted by molar-refractivity contribution is 0.0597. The van der Waals surface area contributed by atoms with Gasteiger partial charge in [-0.15, -0.1) is 0 Å². The summed E-state index contributed by atoms with van der Waals surface area (Å²) in [6, 6.07) is 15.0. The molecule has 2 aromatic rings. The van der Waals surface area contributed by atoms with Crippen molar-refractivity contribution in [3.63, 3.8) is 0 Å². The fraction of sp³-hybridized carbons (Fsp3) is 0.263. The molecular weight excluding hydrogens is 354 g/mol. The molecule has 0 fully saturated rings. The topological polar surface area (TPSA) is 61.7 Å². The summed E-state index contributed by atoms with van der Waals surface area (Å²) in [5.74, 6) is -0.372. The predicted octanol–water partition coefficient (Wildman–Crippen LogP) is 4.51. The Hall–Kier alpha value is -1.76. The summed E-state index contributed by atoms with van der Waals surface area (Å²) < 4.78 is 20.8. The summed E-state index contributed by atoms with van der Waals surface area (Å²) in [5.41, 5.74) is 1.37. The predicted molar refractivity (Wildman–Crippen MR) is 104 cm³/mol. The van der Waals surface area contributed by atoms with Gasteiger partial charge in [-0.05, 0) is 39.0 Å². The normalized spacial score (nSPS) is 13.0. The average Bonchev–Trinajstić information content (AvgIpc) is 2.59. The van der Waals surface area contributed by atoms with Crippen LogP contribution in [0.25, 0.3) is 0 Å². The molecule has 0 saturated heterocycles. The van der Waals surface area contributed by atoms with Gasteiger partial charge in [-0.3, -0.25) is 0 Å². The molecule has 0 aliphatic carbocycles. The second kappa shape index (κ2) is 8.56. The molecule has 25 heavy (non-hydrogen) atoms. The third-order valence-electron chi connectivity index (χ3n) is 3.24. The maximum Gasteiger partial charge on any atom is 0.339 e. The molecule has 0 aromatic heterocycles. The van der Waals surface area contributed by atoms with Crippen LogP contribution in [0.2, 0.25) is 0 Å². The number of methoxy groups -OCH3 is 1. The zero-order valence-electron chi connectivity index (χ0n) is 14.7. The van der Waals surface area contributed by atoms with E-state index in [9.17, 15) is 9.35 Å². The number of carbonyl (C=O) groups is 1. The van der Waals surface area contributed by atoms with E-state index in [1.807, 2.05) is 57.2 Å². The maximum atomic E-state index is 12.1. The van der Waals surface area contributed by atoms with Crippen LogP contribution in [0.5, 0.6) is 0 Å². The lowest BCUT2D eigenvalue weighted by Gasteiger charge is -2.17. The van der Waals surface area contributed by atoms with Crippen LogP contribution >= 0.6 is 11.8 Å². The monoisotopic (exact) mass is 375 g/mol. The number of carbonyl (C=O) groups excluding carboxylic acids is 1. The van der Waals surface area contributed by atoms with Crippen LogP contribution in [0.1, 0.15) is 36.7 Å². The van der Waals surface area contributed by atoms with E-state index < -0.39 is 16.1 Å². The summed E-state index contributed by atoms with van der Waals surface area (Å²) in [7, 11) is 1.37. The lowest BCUT2D eigenvalue weighted by Crippen LogP contribution is -2.25. The van der Waals surface area contributed by atoms with E-state index in [1.54, 1.807) is 18.3 Å². The number of benzene rings is 2. The minimum absolute atomic E-state index is 0.372. The molecule has 132 valence electrons. The Balaban J connectivity index is 2.31. The molecule has 0 amide bonds. The van der Waals surface area contributed by atoms with Crippen molar-refractivity contribution in [3.8, 4) is 0 Å². The van der Waals surface area contributed by atoms with Crippen molar-refractivity contribution in [1.29, 1.82) is 0 Å². The number of hydrogen-bond acceptors (Lipinski definition) is 5. The van der Waals surface area contributed by atoms with Crippen molar-refractivity contribution < 1.29 is 14.1 Å². The van der Waals surface area contributed by atoms with Gasteiger partial charge in [0.25, 0.3) is 0 Å². The van der Waals surface area contributed by atoms with E-state index in [1.165, 1.54) is 18.9 Å². The molecule has 0 N–H and O–H groups in total. The Morgan fingerprint density at radius 2 is 1.72 bits per heavy atom. The SMILES string of the molecule is COC(=O)c1ccccc1Sc1ccccc1C=N[S+]([O-])C(C)(C)C. The van der Waals surface area contributed by atoms with Crippen molar-refractivity contribution in [2.75, 3.05) is 7.11 Å². The molecule has 1 atom stereocenters. The molecule has 4 nitrogen and oxygen atoms in total. The fourth-order valence-corrected chi connectivity index (χ4v) is 3.45. The molecular formula is C19H21NO3S2. The first-order valence-electron chi connectivity index (χ1n) is 7.73. The van der Waals surface area contributed by atoms with Gasteiger partial charge in [-0.25, -0.2) is 4.79 Å². The van der Waals surface area contributed by atoms with Crippen molar-refractivity contribution in [2.24, 2.45) is 4.40 Å². The molecule has 2 aromatic carbocycles. The zero-order chi connectivity index (χ0) is 18.4. The van der Waals surface area contributed by atoms with Gasteiger partial charge in [-0.1, -0.05) is 46.5 Å². The number of hydrogen-bond donors (Lipinski definition) is 0. The largest absolute Gasteiger partial charge is 0.591 e. The minimum atomic E-state index is -1.32.